The summed E-state index contributed by atoms with van der Waals surface area (Å²) in [4.78, 5) is 26.7. The van der Waals surface area contributed by atoms with Gasteiger partial charge in [-0.2, -0.15) is 4.80 Å². The molecule has 0 spiro atoms. The van der Waals surface area contributed by atoms with Gasteiger partial charge in [0.15, 0.2) is 6.04 Å². The van der Waals surface area contributed by atoms with Gasteiger partial charge in [-0.25, -0.2) is 0 Å². The highest BCUT2D eigenvalue weighted by Crippen LogP contribution is 2.23. The average Bonchev–Trinajstić information content (AvgIpc) is 3.26. The molecule has 0 saturated carbocycles. The molecular formula is C16H18ClN5O3. The maximum Gasteiger partial charge on any atom is 0.308 e. The molecule has 9 heteroatoms. The Kier molecular flexibility index (Phi) is 4.98. The predicted molar refractivity (Wildman–Crippen MR) is 89.9 cm³/mol. The first-order chi connectivity index (χ1) is 12.0. The van der Waals surface area contributed by atoms with Gasteiger partial charge in [0.05, 0.1) is 5.92 Å². The molecule has 1 saturated heterocycles. The van der Waals surface area contributed by atoms with E-state index in [0.29, 0.717) is 30.2 Å². The van der Waals surface area contributed by atoms with Crippen LogP contribution in [0.4, 0.5) is 0 Å². The minimum Gasteiger partial charge on any atom is -0.481 e. The van der Waals surface area contributed by atoms with Crippen molar-refractivity contribution in [1.82, 2.24) is 25.1 Å². The Bertz CT molecular complexity index is 776. The number of carbonyl (C=O) groups excluding carboxylic acids is 1. The second-order valence-electron chi connectivity index (χ2n) is 5.97. The minimum absolute atomic E-state index is 0.175. The zero-order chi connectivity index (χ0) is 18.0. The van der Waals surface area contributed by atoms with Crippen LogP contribution >= 0.6 is 11.6 Å². The van der Waals surface area contributed by atoms with Gasteiger partial charge in [-0.15, -0.1) is 10.2 Å². The van der Waals surface area contributed by atoms with E-state index in [1.165, 1.54) is 4.80 Å². The number of rotatable bonds is 5. The molecule has 1 aliphatic rings. The molecule has 132 valence electrons. The van der Waals surface area contributed by atoms with Crippen LogP contribution in [0, 0.1) is 5.92 Å². The summed E-state index contributed by atoms with van der Waals surface area (Å²) in [6.07, 6.45) is 0.960. The lowest BCUT2D eigenvalue weighted by Gasteiger charge is -2.21. The molecule has 25 heavy (non-hydrogen) atoms. The first-order valence-electron chi connectivity index (χ1n) is 8.06. The lowest BCUT2D eigenvalue weighted by Crippen LogP contribution is -2.37. The van der Waals surface area contributed by atoms with Gasteiger partial charge in [0.2, 0.25) is 11.7 Å². The molecule has 1 amide bonds. The number of hydrogen-bond acceptors (Lipinski definition) is 5. The maximum absolute atomic E-state index is 12.7. The van der Waals surface area contributed by atoms with E-state index in [4.69, 9.17) is 16.7 Å². The van der Waals surface area contributed by atoms with Crippen LogP contribution in [0.15, 0.2) is 24.3 Å². The summed E-state index contributed by atoms with van der Waals surface area (Å²) in [7, 11) is 0. The Labute approximate surface area is 149 Å². The first kappa shape index (κ1) is 17.3. The summed E-state index contributed by atoms with van der Waals surface area (Å²) in [5.41, 5.74) is 0.755. The van der Waals surface area contributed by atoms with E-state index in [1.54, 1.807) is 29.2 Å². The Morgan fingerprint density at radius 3 is 2.68 bits per heavy atom. The third-order valence-corrected chi connectivity index (χ3v) is 4.58. The molecule has 0 radical (unpaired) electrons. The highest BCUT2D eigenvalue weighted by Gasteiger charge is 2.35. The molecule has 1 aromatic heterocycles. The maximum atomic E-state index is 12.7. The number of halogens is 1. The summed E-state index contributed by atoms with van der Waals surface area (Å²) in [5, 5.41) is 22.0. The monoisotopic (exact) mass is 363 g/mol. The van der Waals surface area contributed by atoms with Crippen molar-refractivity contribution >= 4 is 23.5 Å². The van der Waals surface area contributed by atoms with Gasteiger partial charge in [0, 0.05) is 23.7 Å². The van der Waals surface area contributed by atoms with Gasteiger partial charge in [-0.3, -0.25) is 9.59 Å². The fraction of sp³-hybridized carbons (Fsp3) is 0.438. The van der Waals surface area contributed by atoms with Crippen molar-refractivity contribution in [2.75, 3.05) is 13.1 Å². The second-order valence-corrected chi connectivity index (χ2v) is 6.41. The summed E-state index contributed by atoms with van der Waals surface area (Å²) in [5.74, 6) is -1.14. The quantitative estimate of drug-likeness (QED) is 0.870. The van der Waals surface area contributed by atoms with Crippen molar-refractivity contribution < 1.29 is 14.7 Å². The van der Waals surface area contributed by atoms with Crippen molar-refractivity contribution in [2.45, 2.75) is 25.8 Å². The zero-order valence-electron chi connectivity index (χ0n) is 13.7. The normalized spacial score (nSPS) is 18.3. The van der Waals surface area contributed by atoms with Crippen LogP contribution in [0.25, 0.3) is 11.4 Å². The number of carboxylic acids is 1. The summed E-state index contributed by atoms with van der Waals surface area (Å²) < 4.78 is 0. The molecule has 2 heterocycles. The van der Waals surface area contributed by atoms with Gasteiger partial charge in [-0.1, -0.05) is 18.5 Å². The van der Waals surface area contributed by atoms with Crippen LogP contribution in [-0.4, -0.2) is 55.2 Å². The molecule has 0 aliphatic carbocycles. The number of nitrogens with zero attached hydrogens (tertiary/aromatic N) is 5. The number of aliphatic carboxylic acids is 1. The van der Waals surface area contributed by atoms with Crippen LogP contribution in [0.2, 0.25) is 5.02 Å². The van der Waals surface area contributed by atoms with Crippen molar-refractivity contribution in [1.29, 1.82) is 0 Å². The second kappa shape index (κ2) is 7.18. The number of amides is 1. The van der Waals surface area contributed by atoms with Crippen molar-refractivity contribution in [3.63, 3.8) is 0 Å². The largest absolute Gasteiger partial charge is 0.481 e. The Balaban J connectivity index is 1.76. The van der Waals surface area contributed by atoms with Crippen molar-refractivity contribution in [2.24, 2.45) is 5.92 Å². The third kappa shape index (κ3) is 3.63. The molecule has 0 bridgehead atoms. The van der Waals surface area contributed by atoms with E-state index in [1.807, 2.05) is 6.92 Å². The molecule has 8 nitrogen and oxygen atoms in total. The van der Waals surface area contributed by atoms with Crippen LogP contribution in [0.1, 0.15) is 25.8 Å². The van der Waals surface area contributed by atoms with Gasteiger partial charge in [0.25, 0.3) is 0 Å². The fourth-order valence-corrected chi connectivity index (χ4v) is 3.01. The molecule has 1 fully saturated rings. The van der Waals surface area contributed by atoms with E-state index in [-0.39, 0.29) is 12.5 Å². The average molecular weight is 364 g/mol. The smallest absolute Gasteiger partial charge is 0.308 e. The van der Waals surface area contributed by atoms with Crippen LogP contribution < -0.4 is 0 Å². The Morgan fingerprint density at radius 1 is 1.36 bits per heavy atom. The molecular weight excluding hydrogens is 346 g/mol. The number of aromatic nitrogens is 4. The first-order valence-corrected chi connectivity index (χ1v) is 8.44. The zero-order valence-corrected chi connectivity index (χ0v) is 14.4. The number of likely N-dealkylation sites (tertiary alicyclic amines) is 1. The number of carboxylic acid groups (broad SMARTS) is 1. The highest BCUT2D eigenvalue weighted by molar-refractivity contribution is 6.30. The number of hydrogen-bond donors (Lipinski definition) is 1. The number of benzene rings is 1. The molecule has 2 atom stereocenters. The lowest BCUT2D eigenvalue weighted by molar-refractivity contribution is -0.141. The lowest BCUT2D eigenvalue weighted by atomic mass is 10.1. The van der Waals surface area contributed by atoms with Gasteiger partial charge < -0.3 is 10.0 Å². The number of carbonyl (C=O) groups is 2. The van der Waals surface area contributed by atoms with Crippen LogP contribution in [0.5, 0.6) is 0 Å². The van der Waals surface area contributed by atoms with E-state index in [2.05, 4.69) is 15.4 Å². The molecule has 2 aromatic rings. The van der Waals surface area contributed by atoms with Crippen LogP contribution in [0.3, 0.4) is 0 Å². The summed E-state index contributed by atoms with van der Waals surface area (Å²) in [6.45, 7) is 2.52. The van der Waals surface area contributed by atoms with Crippen molar-refractivity contribution in [3.8, 4) is 11.4 Å². The fourth-order valence-electron chi connectivity index (χ4n) is 2.88. The summed E-state index contributed by atoms with van der Waals surface area (Å²) >= 11 is 5.87. The van der Waals surface area contributed by atoms with E-state index >= 15 is 0 Å². The molecule has 3 rings (SSSR count). The van der Waals surface area contributed by atoms with Crippen LogP contribution in [-0.2, 0) is 9.59 Å². The molecule has 1 N–H and O–H groups in total. The van der Waals surface area contributed by atoms with Gasteiger partial charge in [0.1, 0.15) is 0 Å². The predicted octanol–water partition coefficient (Wildman–Crippen LogP) is 1.88. The molecule has 1 aromatic carbocycles. The number of tetrazole rings is 1. The SMILES string of the molecule is CC[C@@H](C(=O)N1CC[C@@H](C(=O)O)C1)n1nnc(-c2ccc(Cl)cc2)n1. The molecule has 1 aliphatic heterocycles. The Hall–Kier alpha value is -2.48. The topological polar surface area (TPSA) is 101 Å². The van der Waals surface area contributed by atoms with E-state index in [9.17, 15) is 9.59 Å². The van der Waals surface area contributed by atoms with E-state index < -0.39 is 17.9 Å². The van der Waals surface area contributed by atoms with Gasteiger partial charge >= 0.3 is 5.97 Å². The Morgan fingerprint density at radius 2 is 2.08 bits per heavy atom. The standard InChI is InChI=1S/C16H18ClN5O3/c1-2-13(15(23)21-8-7-11(9-21)16(24)25)22-19-14(18-20-22)10-3-5-12(17)6-4-10/h3-6,11,13H,2,7-9H2,1H3,(H,24,25)/t11-,13+/m1/s1. The summed E-state index contributed by atoms with van der Waals surface area (Å²) in [6, 6.07) is 6.43. The molecule has 0 unspecified atom stereocenters. The van der Waals surface area contributed by atoms with E-state index in [0.717, 1.165) is 5.56 Å². The third-order valence-electron chi connectivity index (χ3n) is 4.33. The van der Waals surface area contributed by atoms with Crippen molar-refractivity contribution in [3.05, 3.63) is 29.3 Å². The van der Waals surface area contributed by atoms with Gasteiger partial charge in [-0.05, 0) is 42.3 Å². The highest BCUT2D eigenvalue weighted by atomic mass is 35.5. The minimum atomic E-state index is -0.868.